The van der Waals surface area contributed by atoms with Crippen molar-refractivity contribution in [3.8, 4) is 0 Å². The summed E-state index contributed by atoms with van der Waals surface area (Å²) in [5, 5.41) is 31.4. The number of likely N-dealkylation sites (tertiary alicyclic amines) is 2. The first-order chi connectivity index (χ1) is 19.8. The fourth-order valence-electron chi connectivity index (χ4n) is 6.22. The predicted molar refractivity (Wildman–Crippen MR) is 154 cm³/mol. The Hall–Kier alpha value is -3.76. The fourth-order valence-corrected chi connectivity index (χ4v) is 6.22. The number of carboxylic acid groups (broad SMARTS) is 2. The van der Waals surface area contributed by atoms with E-state index in [1.807, 2.05) is 35.2 Å². The SMILES string of the molecule is N=C(c1ccc(C2=NOC(CC3(OCC(=O)O)CCN(CC(=O)O)CC3)C2)cc1)N1CCC(c2ccccc2)CC1. The minimum atomic E-state index is -1.03. The van der Waals surface area contributed by atoms with Crippen LogP contribution in [-0.2, 0) is 19.2 Å². The van der Waals surface area contributed by atoms with Crippen LogP contribution in [0.1, 0.15) is 61.1 Å². The van der Waals surface area contributed by atoms with Crippen LogP contribution in [0.4, 0.5) is 0 Å². The second-order valence-electron chi connectivity index (χ2n) is 11.3. The molecule has 0 amide bonds. The number of amidine groups is 1. The zero-order valence-electron chi connectivity index (χ0n) is 23.2. The van der Waals surface area contributed by atoms with E-state index in [1.165, 1.54) is 5.56 Å². The number of nitrogens with one attached hydrogen (secondary N) is 1. The molecule has 0 spiro atoms. The zero-order valence-corrected chi connectivity index (χ0v) is 23.2. The molecular formula is C31H38N4O6. The van der Waals surface area contributed by atoms with Gasteiger partial charge < -0.3 is 24.7 Å². The summed E-state index contributed by atoms with van der Waals surface area (Å²) >= 11 is 0. The number of benzene rings is 2. The molecule has 0 radical (unpaired) electrons. The Kier molecular flexibility index (Phi) is 8.99. The minimum Gasteiger partial charge on any atom is -0.480 e. The van der Waals surface area contributed by atoms with Gasteiger partial charge in [0.2, 0.25) is 0 Å². The van der Waals surface area contributed by atoms with E-state index in [9.17, 15) is 14.7 Å². The lowest BCUT2D eigenvalue weighted by molar-refractivity contribution is -0.159. The number of aliphatic carboxylic acids is 2. The largest absolute Gasteiger partial charge is 0.480 e. The van der Waals surface area contributed by atoms with Crippen molar-refractivity contribution in [2.45, 2.75) is 56.1 Å². The van der Waals surface area contributed by atoms with Crippen molar-refractivity contribution in [1.82, 2.24) is 9.80 Å². The lowest BCUT2D eigenvalue weighted by Crippen LogP contribution is -2.49. The first-order valence-corrected chi connectivity index (χ1v) is 14.3. The third kappa shape index (κ3) is 7.31. The summed E-state index contributed by atoms with van der Waals surface area (Å²) in [6, 6.07) is 18.5. The van der Waals surface area contributed by atoms with Gasteiger partial charge >= 0.3 is 11.9 Å². The van der Waals surface area contributed by atoms with Crippen molar-refractivity contribution < 1.29 is 29.4 Å². The smallest absolute Gasteiger partial charge is 0.329 e. The summed E-state index contributed by atoms with van der Waals surface area (Å²) in [5.41, 5.74) is 3.30. The fraction of sp³-hybridized carbons (Fsp3) is 0.484. The van der Waals surface area contributed by atoms with Gasteiger partial charge in [-0.2, -0.15) is 0 Å². The van der Waals surface area contributed by atoms with Crippen LogP contribution in [0.2, 0.25) is 0 Å². The van der Waals surface area contributed by atoms with Crippen LogP contribution in [0.15, 0.2) is 59.8 Å². The van der Waals surface area contributed by atoms with Gasteiger partial charge in [0.15, 0.2) is 0 Å². The van der Waals surface area contributed by atoms with Crippen molar-refractivity contribution in [2.75, 3.05) is 39.3 Å². The maximum atomic E-state index is 11.2. The van der Waals surface area contributed by atoms with Crippen LogP contribution >= 0.6 is 0 Å². The molecule has 41 heavy (non-hydrogen) atoms. The van der Waals surface area contributed by atoms with Gasteiger partial charge in [-0.25, -0.2) is 4.79 Å². The van der Waals surface area contributed by atoms with Crippen molar-refractivity contribution in [3.63, 3.8) is 0 Å². The highest BCUT2D eigenvalue weighted by Gasteiger charge is 2.41. The van der Waals surface area contributed by atoms with Crippen LogP contribution in [0.5, 0.6) is 0 Å². The molecule has 3 N–H and O–H groups in total. The maximum absolute atomic E-state index is 11.2. The van der Waals surface area contributed by atoms with E-state index >= 15 is 0 Å². The van der Waals surface area contributed by atoms with Crippen LogP contribution in [0, 0.1) is 5.41 Å². The van der Waals surface area contributed by atoms with Crippen LogP contribution in [0.3, 0.4) is 0 Å². The molecule has 218 valence electrons. The Morgan fingerprint density at radius 1 is 0.976 bits per heavy atom. The highest BCUT2D eigenvalue weighted by molar-refractivity contribution is 6.03. The van der Waals surface area contributed by atoms with Gasteiger partial charge in [0.05, 0.1) is 17.9 Å². The van der Waals surface area contributed by atoms with E-state index in [4.69, 9.17) is 20.1 Å². The number of hydrogen-bond donors (Lipinski definition) is 3. The summed E-state index contributed by atoms with van der Waals surface area (Å²) in [5.74, 6) is -0.832. The molecule has 1 atom stereocenters. The van der Waals surface area contributed by atoms with E-state index in [1.54, 1.807) is 0 Å². The molecule has 5 rings (SSSR count). The van der Waals surface area contributed by atoms with E-state index < -0.39 is 24.1 Å². The van der Waals surface area contributed by atoms with Gasteiger partial charge in [-0.3, -0.25) is 15.1 Å². The summed E-state index contributed by atoms with van der Waals surface area (Å²) in [4.78, 5) is 32.1. The van der Waals surface area contributed by atoms with E-state index in [-0.39, 0.29) is 12.6 Å². The predicted octanol–water partition coefficient (Wildman–Crippen LogP) is 3.80. The standard InChI is InChI=1S/C31H38N4O6/c32-30(35-14-10-23(11-15-35)22-4-2-1-3-5-22)25-8-6-24(7-9-25)27-18-26(41-33-27)19-31(40-21-29(38)39)12-16-34(17-13-31)20-28(36)37/h1-9,23,26,32H,10-21H2,(H,36,37)(H,38,39). The molecule has 3 aliphatic rings. The number of piperidine rings is 2. The Morgan fingerprint density at radius 3 is 2.29 bits per heavy atom. The average Bonchev–Trinajstić information content (AvgIpc) is 3.45. The first-order valence-electron chi connectivity index (χ1n) is 14.3. The Balaban J connectivity index is 1.14. The van der Waals surface area contributed by atoms with E-state index in [0.717, 1.165) is 42.8 Å². The second kappa shape index (κ2) is 12.8. The van der Waals surface area contributed by atoms with Gasteiger partial charge in [-0.05, 0) is 42.7 Å². The van der Waals surface area contributed by atoms with Crippen LogP contribution in [-0.4, -0.2) is 94.5 Å². The summed E-state index contributed by atoms with van der Waals surface area (Å²) in [7, 11) is 0. The molecule has 10 heteroatoms. The van der Waals surface area contributed by atoms with Crippen molar-refractivity contribution >= 4 is 23.5 Å². The van der Waals surface area contributed by atoms with Crippen molar-refractivity contribution in [3.05, 3.63) is 71.3 Å². The molecule has 0 saturated carbocycles. The number of oxime groups is 1. The van der Waals surface area contributed by atoms with Gasteiger partial charge in [0.1, 0.15) is 18.5 Å². The normalized spacial score (nSPS) is 21.2. The van der Waals surface area contributed by atoms with Gasteiger partial charge in [-0.1, -0.05) is 59.8 Å². The van der Waals surface area contributed by atoms with Gasteiger partial charge in [0, 0.05) is 44.6 Å². The van der Waals surface area contributed by atoms with E-state index in [2.05, 4.69) is 34.3 Å². The molecule has 1 unspecified atom stereocenters. The molecule has 2 saturated heterocycles. The molecule has 2 aromatic carbocycles. The molecule has 2 aromatic rings. The zero-order chi connectivity index (χ0) is 28.8. The third-order valence-electron chi connectivity index (χ3n) is 8.53. The topological polar surface area (TPSA) is 136 Å². The first kappa shape index (κ1) is 28.8. The molecule has 3 heterocycles. The van der Waals surface area contributed by atoms with Crippen molar-refractivity contribution in [1.29, 1.82) is 5.41 Å². The Labute approximate surface area is 240 Å². The molecule has 0 aromatic heterocycles. The average molecular weight is 563 g/mol. The van der Waals surface area contributed by atoms with Crippen LogP contribution in [0.25, 0.3) is 0 Å². The highest BCUT2D eigenvalue weighted by atomic mass is 16.6. The minimum absolute atomic E-state index is 0.0401. The van der Waals surface area contributed by atoms with Gasteiger partial charge in [0.25, 0.3) is 0 Å². The van der Waals surface area contributed by atoms with E-state index in [0.29, 0.717) is 50.5 Å². The number of ether oxygens (including phenoxy) is 1. The lowest BCUT2D eigenvalue weighted by atomic mass is 9.84. The third-order valence-corrected chi connectivity index (χ3v) is 8.53. The maximum Gasteiger partial charge on any atom is 0.329 e. The molecule has 0 bridgehead atoms. The molecular weight excluding hydrogens is 524 g/mol. The Bertz CT molecular complexity index is 1250. The van der Waals surface area contributed by atoms with Crippen molar-refractivity contribution in [2.24, 2.45) is 5.16 Å². The molecule has 0 aliphatic carbocycles. The quantitative estimate of drug-likeness (QED) is 0.294. The molecule has 10 nitrogen and oxygen atoms in total. The second-order valence-corrected chi connectivity index (χ2v) is 11.3. The molecule has 3 aliphatic heterocycles. The van der Waals surface area contributed by atoms with Crippen LogP contribution < -0.4 is 0 Å². The number of carbonyl (C=O) groups is 2. The summed E-state index contributed by atoms with van der Waals surface area (Å²) in [6.07, 6.45) is 3.93. The number of nitrogens with zero attached hydrogens (tertiary/aromatic N) is 3. The summed E-state index contributed by atoms with van der Waals surface area (Å²) < 4.78 is 5.89. The number of carboxylic acids is 2. The highest BCUT2D eigenvalue weighted by Crippen LogP contribution is 2.35. The summed E-state index contributed by atoms with van der Waals surface area (Å²) in [6.45, 7) is 2.32. The number of rotatable bonds is 10. The number of hydrogen-bond acceptors (Lipinski definition) is 7. The lowest BCUT2D eigenvalue weighted by Gasteiger charge is -2.41. The Morgan fingerprint density at radius 2 is 1.66 bits per heavy atom. The van der Waals surface area contributed by atoms with Gasteiger partial charge in [-0.15, -0.1) is 0 Å². The monoisotopic (exact) mass is 562 g/mol. The molecule has 2 fully saturated rings.